The lowest BCUT2D eigenvalue weighted by Crippen LogP contribution is -2.41. The van der Waals surface area contributed by atoms with Crippen LogP contribution in [0.25, 0.3) is 33.5 Å². The van der Waals surface area contributed by atoms with Crippen LogP contribution in [0.15, 0.2) is 60.7 Å². The standard InChI is InChI=1S/C40H44FN7O3/c1-45-37-31(17-27(19-34(37)51-2)39(49)48-22-26-11-12-32(48)35(26)42)44-38(45)33-18-25-5-3-8-30(36(25)47(33)21-23-9-10-23)24-13-15-46(16-14-24)40(50)43-29-7-4-6-28(41)20-29/h3-8,17-20,23-24,26,32,35H,9-16,21-22,42H2,1-2H3,(H,43,50)/t26-,32-,35-/m1/s1. The Balaban J connectivity index is 1.04. The van der Waals surface area contributed by atoms with Crippen molar-refractivity contribution in [3.63, 3.8) is 0 Å². The van der Waals surface area contributed by atoms with Crippen LogP contribution in [-0.2, 0) is 13.6 Å². The number of ether oxygens (including phenoxy) is 1. The largest absolute Gasteiger partial charge is 0.494 e. The Morgan fingerprint density at radius 1 is 0.980 bits per heavy atom. The molecule has 2 saturated heterocycles. The summed E-state index contributed by atoms with van der Waals surface area (Å²) in [5.41, 5.74) is 12.7. The van der Waals surface area contributed by atoms with Crippen molar-refractivity contribution >= 4 is 39.6 Å². The van der Waals surface area contributed by atoms with Crippen molar-refractivity contribution in [1.29, 1.82) is 0 Å². The maximum absolute atomic E-state index is 13.8. The van der Waals surface area contributed by atoms with Gasteiger partial charge in [-0.2, -0.15) is 0 Å². The number of anilines is 1. The van der Waals surface area contributed by atoms with Crippen molar-refractivity contribution < 1.29 is 18.7 Å². The normalized spacial score (nSPS) is 22.0. The summed E-state index contributed by atoms with van der Waals surface area (Å²) in [5, 5.41) is 4.02. The van der Waals surface area contributed by atoms with Crippen LogP contribution in [0.5, 0.6) is 5.75 Å². The first-order chi connectivity index (χ1) is 24.8. The van der Waals surface area contributed by atoms with Gasteiger partial charge in [-0.15, -0.1) is 0 Å². The number of urea groups is 1. The van der Waals surface area contributed by atoms with E-state index in [1.54, 1.807) is 19.2 Å². The first kappa shape index (κ1) is 32.0. The molecule has 0 radical (unpaired) electrons. The summed E-state index contributed by atoms with van der Waals surface area (Å²) in [6, 6.07) is 18.5. The van der Waals surface area contributed by atoms with E-state index in [2.05, 4.69) is 38.7 Å². The summed E-state index contributed by atoms with van der Waals surface area (Å²) in [4.78, 5) is 35.9. The highest BCUT2D eigenvalue weighted by molar-refractivity contribution is 6.01. The zero-order valence-electron chi connectivity index (χ0n) is 29.1. The van der Waals surface area contributed by atoms with E-state index in [0.29, 0.717) is 48.5 Å². The third kappa shape index (κ3) is 5.53. The summed E-state index contributed by atoms with van der Waals surface area (Å²) < 4.78 is 24.2. The molecular formula is C40H44FN7O3. The lowest BCUT2D eigenvalue weighted by molar-refractivity contribution is 0.0700. The highest BCUT2D eigenvalue weighted by Crippen LogP contribution is 2.42. The molecule has 4 aliphatic rings. The van der Waals surface area contributed by atoms with E-state index >= 15 is 0 Å². The summed E-state index contributed by atoms with van der Waals surface area (Å²) in [5.74, 6) is 2.37. The topological polar surface area (TPSA) is 111 Å². The van der Waals surface area contributed by atoms with Crippen molar-refractivity contribution in [2.45, 2.75) is 63.1 Å². The molecule has 0 spiro atoms. The maximum atomic E-state index is 13.8. The summed E-state index contributed by atoms with van der Waals surface area (Å²) >= 11 is 0. The minimum absolute atomic E-state index is 0.00460. The first-order valence-corrected chi connectivity index (χ1v) is 18.3. The van der Waals surface area contributed by atoms with Gasteiger partial charge in [0.1, 0.15) is 17.1 Å². The number of aryl methyl sites for hydroxylation is 1. The zero-order valence-corrected chi connectivity index (χ0v) is 29.1. The number of aromatic nitrogens is 3. The van der Waals surface area contributed by atoms with Gasteiger partial charge in [0.25, 0.3) is 5.91 Å². The first-order valence-electron chi connectivity index (χ1n) is 18.3. The van der Waals surface area contributed by atoms with Gasteiger partial charge in [-0.05, 0) is 98.2 Å². The van der Waals surface area contributed by atoms with Gasteiger partial charge in [0.15, 0.2) is 5.82 Å². The summed E-state index contributed by atoms with van der Waals surface area (Å²) in [6.07, 6.45) is 6.15. The van der Waals surface area contributed by atoms with Crippen molar-refractivity contribution in [1.82, 2.24) is 23.9 Å². The van der Waals surface area contributed by atoms with Gasteiger partial charge in [-0.1, -0.05) is 24.3 Å². The quantitative estimate of drug-likeness (QED) is 0.197. The molecule has 51 heavy (non-hydrogen) atoms. The highest BCUT2D eigenvalue weighted by Gasteiger charge is 2.47. The number of carbonyl (C=O) groups excluding carboxylic acids is 2. The molecule has 11 heteroatoms. The molecule has 0 unspecified atom stereocenters. The van der Waals surface area contributed by atoms with Crippen LogP contribution in [0.1, 0.15) is 60.4 Å². The number of nitrogens with zero attached hydrogens (tertiary/aromatic N) is 5. The molecule has 2 saturated carbocycles. The Labute approximate surface area is 296 Å². The number of amides is 3. The van der Waals surface area contributed by atoms with Crippen LogP contribution in [0.3, 0.4) is 0 Å². The lowest BCUT2D eigenvalue weighted by Gasteiger charge is -2.32. The molecule has 2 aliphatic carbocycles. The summed E-state index contributed by atoms with van der Waals surface area (Å²) in [6.45, 7) is 2.86. The number of likely N-dealkylation sites (tertiary alicyclic amines) is 2. The number of piperidine rings is 2. The number of hydrogen-bond acceptors (Lipinski definition) is 5. The Kier molecular flexibility index (Phi) is 7.79. The number of rotatable bonds is 7. The molecule has 2 aromatic heterocycles. The third-order valence-corrected chi connectivity index (χ3v) is 11.9. The number of para-hydroxylation sites is 1. The molecular weight excluding hydrogens is 645 g/mol. The third-order valence-electron chi connectivity index (χ3n) is 11.9. The predicted molar refractivity (Wildman–Crippen MR) is 195 cm³/mol. The van der Waals surface area contributed by atoms with Crippen LogP contribution >= 0.6 is 0 Å². The van der Waals surface area contributed by atoms with Gasteiger partial charge < -0.3 is 34.7 Å². The van der Waals surface area contributed by atoms with E-state index in [9.17, 15) is 14.0 Å². The number of benzene rings is 3. The fraction of sp³-hybridized carbons (Fsp3) is 0.425. The molecule has 9 rings (SSSR count). The van der Waals surface area contributed by atoms with Crippen LogP contribution < -0.4 is 15.8 Å². The van der Waals surface area contributed by atoms with Crippen molar-refractivity contribution in [2.24, 2.45) is 24.6 Å². The Hall–Kier alpha value is -4.90. The average Bonchev–Trinajstić information content (AvgIpc) is 3.53. The predicted octanol–water partition coefficient (Wildman–Crippen LogP) is 6.73. The lowest BCUT2D eigenvalue weighted by atomic mass is 9.88. The zero-order chi connectivity index (χ0) is 35.0. The number of methoxy groups -OCH3 is 1. The van der Waals surface area contributed by atoms with E-state index < -0.39 is 0 Å². The molecule has 2 aliphatic heterocycles. The van der Waals surface area contributed by atoms with E-state index in [4.69, 9.17) is 15.5 Å². The van der Waals surface area contributed by atoms with Gasteiger partial charge in [0.05, 0.1) is 23.8 Å². The number of carbonyl (C=O) groups is 2. The van der Waals surface area contributed by atoms with Gasteiger partial charge >= 0.3 is 6.03 Å². The number of fused-ring (bicyclic) bond motifs is 4. The number of halogens is 1. The molecule has 3 N–H and O–H groups in total. The fourth-order valence-electron chi connectivity index (χ4n) is 9.05. The molecule has 10 nitrogen and oxygen atoms in total. The molecule has 264 valence electrons. The molecule has 3 aromatic carbocycles. The molecule has 2 bridgehead atoms. The second-order valence-electron chi connectivity index (χ2n) is 15.1. The minimum atomic E-state index is -0.375. The smallest absolute Gasteiger partial charge is 0.321 e. The fourth-order valence-corrected chi connectivity index (χ4v) is 9.05. The average molecular weight is 690 g/mol. The molecule has 4 heterocycles. The SMILES string of the molecule is COc1cc(C(=O)N2C[C@H]3CC[C@@H]2[C@@H]3N)cc2nc(-c3cc4cccc(C5CCN(C(=O)Nc6cccc(F)c6)CC5)c4n3CC3CC3)n(C)c12. The molecule has 3 amide bonds. The monoisotopic (exact) mass is 689 g/mol. The highest BCUT2D eigenvalue weighted by atomic mass is 19.1. The van der Waals surface area contributed by atoms with Gasteiger partial charge in [0, 0.05) is 61.9 Å². The molecule has 3 atom stereocenters. The number of nitrogens with two attached hydrogens (primary N) is 1. The maximum Gasteiger partial charge on any atom is 0.321 e. The Morgan fingerprint density at radius 2 is 1.78 bits per heavy atom. The Morgan fingerprint density at radius 3 is 2.49 bits per heavy atom. The van der Waals surface area contributed by atoms with Crippen LogP contribution in [0.4, 0.5) is 14.9 Å². The second-order valence-corrected chi connectivity index (χ2v) is 15.1. The van der Waals surface area contributed by atoms with E-state index in [-0.39, 0.29) is 35.8 Å². The summed E-state index contributed by atoms with van der Waals surface area (Å²) in [7, 11) is 3.67. The van der Waals surface area contributed by atoms with Crippen LogP contribution in [-0.4, -0.2) is 74.7 Å². The second kappa shape index (κ2) is 12.4. The van der Waals surface area contributed by atoms with E-state index in [0.717, 1.165) is 54.8 Å². The van der Waals surface area contributed by atoms with Crippen molar-refractivity contribution in [3.8, 4) is 17.3 Å². The Bertz CT molecular complexity index is 2180. The van der Waals surface area contributed by atoms with Crippen molar-refractivity contribution in [3.05, 3.63) is 77.6 Å². The molecule has 4 fully saturated rings. The number of imidazole rings is 1. The van der Waals surface area contributed by atoms with E-state index in [1.807, 2.05) is 29.0 Å². The van der Waals surface area contributed by atoms with Gasteiger partial charge in [-0.3, -0.25) is 4.79 Å². The van der Waals surface area contributed by atoms with Crippen LogP contribution in [0, 0.1) is 17.7 Å². The minimum Gasteiger partial charge on any atom is -0.494 e. The van der Waals surface area contributed by atoms with Crippen LogP contribution in [0.2, 0.25) is 0 Å². The number of nitrogens with one attached hydrogen (secondary N) is 1. The number of hydrogen-bond donors (Lipinski definition) is 2. The van der Waals surface area contributed by atoms with Crippen molar-refractivity contribution in [2.75, 3.05) is 32.1 Å². The van der Waals surface area contributed by atoms with Gasteiger partial charge in [-0.25, -0.2) is 14.2 Å². The molecule has 5 aromatic rings. The van der Waals surface area contributed by atoms with E-state index in [1.165, 1.54) is 41.4 Å². The van der Waals surface area contributed by atoms with Gasteiger partial charge in [0.2, 0.25) is 0 Å².